The molecular formula is C10H10N4. The summed E-state index contributed by atoms with van der Waals surface area (Å²) in [5.74, 6) is 0.855. The lowest BCUT2D eigenvalue weighted by Gasteiger charge is -2.04. The Kier molecular flexibility index (Phi) is 2.02. The number of pyridine rings is 2. The Morgan fingerprint density at radius 3 is 2.57 bits per heavy atom. The van der Waals surface area contributed by atoms with Gasteiger partial charge in [0, 0.05) is 23.5 Å². The van der Waals surface area contributed by atoms with Gasteiger partial charge in [-0.25, -0.2) is 4.98 Å². The van der Waals surface area contributed by atoms with E-state index >= 15 is 0 Å². The molecule has 2 aromatic heterocycles. The highest BCUT2D eigenvalue weighted by molar-refractivity contribution is 5.74. The van der Waals surface area contributed by atoms with E-state index in [2.05, 4.69) is 9.97 Å². The zero-order valence-corrected chi connectivity index (χ0v) is 7.51. The van der Waals surface area contributed by atoms with Crippen LogP contribution in [0.25, 0.3) is 11.1 Å². The highest BCUT2D eigenvalue weighted by atomic mass is 14.9. The zero-order valence-electron chi connectivity index (χ0n) is 7.51. The summed E-state index contributed by atoms with van der Waals surface area (Å²) in [6.07, 6.45) is 3.45. The number of nitrogens with zero attached hydrogens (tertiary/aromatic N) is 2. The average molecular weight is 186 g/mol. The highest BCUT2D eigenvalue weighted by Gasteiger charge is 2.03. The molecule has 4 heteroatoms. The van der Waals surface area contributed by atoms with Gasteiger partial charge < -0.3 is 11.5 Å². The van der Waals surface area contributed by atoms with E-state index in [-0.39, 0.29) is 0 Å². The molecule has 0 radical (unpaired) electrons. The highest BCUT2D eigenvalue weighted by Crippen LogP contribution is 2.23. The first-order valence-electron chi connectivity index (χ1n) is 4.20. The number of anilines is 2. The van der Waals surface area contributed by atoms with Crippen LogP contribution in [-0.2, 0) is 0 Å². The number of nitrogen functional groups attached to an aromatic ring is 2. The molecule has 4 nitrogen and oxygen atoms in total. The van der Waals surface area contributed by atoms with Gasteiger partial charge in [-0.2, -0.15) is 0 Å². The molecular weight excluding hydrogens is 176 g/mol. The van der Waals surface area contributed by atoms with Gasteiger partial charge in [0.25, 0.3) is 0 Å². The van der Waals surface area contributed by atoms with Crippen LogP contribution in [0.3, 0.4) is 0 Å². The van der Waals surface area contributed by atoms with E-state index in [0.29, 0.717) is 11.6 Å². The molecule has 2 heterocycles. The Morgan fingerprint density at radius 2 is 1.93 bits per heavy atom. The van der Waals surface area contributed by atoms with Gasteiger partial charge in [-0.05, 0) is 18.2 Å². The van der Waals surface area contributed by atoms with Gasteiger partial charge in [-0.1, -0.05) is 6.07 Å². The van der Waals surface area contributed by atoms with Crippen molar-refractivity contribution in [2.24, 2.45) is 0 Å². The first kappa shape index (κ1) is 8.50. The summed E-state index contributed by atoms with van der Waals surface area (Å²) in [7, 11) is 0. The van der Waals surface area contributed by atoms with E-state index in [9.17, 15) is 0 Å². The molecule has 0 aromatic carbocycles. The Bertz CT molecular complexity index is 439. The molecule has 70 valence electrons. The fourth-order valence-electron chi connectivity index (χ4n) is 1.26. The van der Waals surface area contributed by atoms with Crippen molar-refractivity contribution in [3.05, 3.63) is 36.7 Å². The summed E-state index contributed by atoms with van der Waals surface area (Å²) in [6, 6.07) is 7.34. The number of hydrogen-bond donors (Lipinski definition) is 2. The molecule has 0 bridgehead atoms. The third-order valence-corrected chi connectivity index (χ3v) is 1.92. The molecule has 2 aromatic rings. The van der Waals surface area contributed by atoms with Gasteiger partial charge in [0.1, 0.15) is 11.6 Å². The summed E-state index contributed by atoms with van der Waals surface area (Å²) in [6.45, 7) is 0. The molecule has 0 aliphatic heterocycles. The van der Waals surface area contributed by atoms with E-state index in [1.165, 1.54) is 0 Å². The van der Waals surface area contributed by atoms with E-state index < -0.39 is 0 Å². The number of rotatable bonds is 1. The van der Waals surface area contributed by atoms with Crippen LogP contribution in [0.4, 0.5) is 11.6 Å². The van der Waals surface area contributed by atoms with Gasteiger partial charge in [0.2, 0.25) is 0 Å². The molecule has 0 aliphatic rings. The second-order valence-corrected chi connectivity index (χ2v) is 2.91. The first-order chi connectivity index (χ1) is 6.77. The minimum Gasteiger partial charge on any atom is -0.384 e. The van der Waals surface area contributed by atoms with Crippen molar-refractivity contribution in [2.75, 3.05) is 11.5 Å². The summed E-state index contributed by atoms with van der Waals surface area (Å²) >= 11 is 0. The molecule has 0 fully saturated rings. The Balaban J connectivity index is 2.53. The van der Waals surface area contributed by atoms with Crippen molar-refractivity contribution in [2.45, 2.75) is 0 Å². The summed E-state index contributed by atoms with van der Waals surface area (Å²) < 4.78 is 0. The zero-order chi connectivity index (χ0) is 9.97. The van der Waals surface area contributed by atoms with Crippen molar-refractivity contribution in [1.29, 1.82) is 0 Å². The minimum absolute atomic E-state index is 0.426. The molecule has 2 rings (SSSR count). The molecule has 0 atom stereocenters. The van der Waals surface area contributed by atoms with Gasteiger partial charge in [-0.15, -0.1) is 0 Å². The third kappa shape index (κ3) is 1.50. The molecule has 0 unspecified atom stereocenters. The monoisotopic (exact) mass is 186 g/mol. The summed E-state index contributed by atoms with van der Waals surface area (Å²) in [4.78, 5) is 7.99. The van der Waals surface area contributed by atoms with Crippen LogP contribution >= 0.6 is 0 Å². The van der Waals surface area contributed by atoms with Crippen LogP contribution in [0, 0.1) is 0 Å². The van der Waals surface area contributed by atoms with Crippen molar-refractivity contribution in [3.63, 3.8) is 0 Å². The van der Waals surface area contributed by atoms with Crippen molar-refractivity contribution < 1.29 is 0 Å². The molecule has 0 saturated carbocycles. The SMILES string of the molecule is Nc1ccc(-c2cccnc2)c(N)n1. The van der Waals surface area contributed by atoms with E-state index in [1.54, 1.807) is 18.5 Å². The van der Waals surface area contributed by atoms with Crippen molar-refractivity contribution >= 4 is 11.6 Å². The fourth-order valence-corrected chi connectivity index (χ4v) is 1.26. The van der Waals surface area contributed by atoms with Crippen LogP contribution in [0.5, 0.6) is 0 Å². The van der Waals surface area contributed by atoms with Crippen LogP contribution in [0.2, 0.25) is 0 Å². The average Bonchev–Trinajstić information content (AvgIpc) is 2.19. The first-order valence-corrected chi connectivity index (χ1v) is 4.20. The normalized spacial score (nSPS) is 10.0. The Labute approximate surface area is 81.6 Å². The molecule has 0 amide bonds. The molecule has 0 saturated heterocycles. The molecule has 0 spiro atoms. The Morgan fingerprint density at radius 1 is 1.07 bits per heavy atom. The molecule has 14 heavy (non-hydrogen) atoms. The number of hydrogen-bond acceptors (Lipinski definition) is 4. The second-order valence-electron chi connectivity index (χ2n) is 2.91. The van der Waals surface area contributed by atoms with Crippen LogP contribution in [0.1, 0.15) is 0 Å². The summed E-state index contributed by atoms with van der Waals surface area (Å²) in [5, 5.41) is 0. The van der Waals surface area contributed by atoms with Crippen molar-refractivity contribution in [1.82, 2.24) is 9.97 Å². The molecule has 4 N–H and O–H groups in total. The van der Waals surface area contributed by atoms with Gasteiger partial charge in [-0.3, -0.25) is 4.98 Å². The van der Waals surface area contributed by atoms with E-state index in [4.69, 9.17) is 11.5 Å². The lowest BCUT2D eigenvalue weighted by molar-refractivity contribution is 1.31. The van der Waals surface area contributed by atoms with E-state index in [0.717, 1.165) is 11.1 Å². The fraction of sp³-hybridized carbons (Fsp3) is 0. The summed E-state index contributed by atoms with van der Waals surface area (Å²) in [5.41, 5.74) is 13.0. The quantitative estimate of drug-likeness (QED) is 0.703. The topological polar surface area (TPSA) is 77.8 Å². The van der Waals surface area contributed by atoms with Crippen LogP contribution < -0.4 is 11.5 Å². The molecule has 0 aliphatic carbocycles. The standard InChI is InChI=1S/C10H10N4/c11-9-4-3-8(10(12)14-9)7-2-1-5-13-6-7/h1-6H,(H4,11,12,14). The van der Waals surface area contributed by atoms with Crippen LogP contribution in [0.15, 0.2) is 36.7 Å². The van der Waals surface area contributed by atoms with Crippen LogP contribution in [-0.4, -0.2) is 9.97 Å². The van der Waals surface area contributed by atoms with Gasteiger partial charge >= 0.3 is 0 Å². The number of aromatic nitrogens is 2. The van der Waals surface area contributed by atoms with Gasteiger partial charge in [0.15, 0.2) is 0 Å². The largest absolute Gasteiger partial charge is 0.384 e. The lowest BCUT2D eigenvalue weighted by Crippen LogP contribution is -1.98. The van der Waals surface area contributed by atoms with Crippen molar-refractivity contribution in [3.8, 4) is 11.1 Å². The maximum absolute atomic E-state index is 5.73. The predicted molar refractivity (Wildman–Crippen MR) is 56.3 cm³/mol. The van der Waals surface area contributed by atoms with Gasteiger partial charge in [0.05, 0.1) is 0 Å². The van der Waals surface area contributed by atoms with E-state index in [1.807, 2.05) is 18.2 Å². The predicted octanol–water partition coefficient (Wildman–Crippen LogP) is 1.31. The number of nitrogens with two attached hydrogens (primary N) is 2. The maximum Gasteiger partial charge on any atom is 0.133 e. The smallest absolute Gasteiger partial charge is 0.133 e. The Hall–Kier alpha value is -2.10. The third-order valence-electron chi connectivity index (χ3n) is 1.92. The minimum atomic E-state index is 0.426. The lowest BCUT2D eigenvalue weighted by atomic mass is 10.1. The second kappa shape index (κ2) is 3.33. The maximum atomic E-state index is 5.73.